The Labute approximate surface area is 45.2 Å². The molecule has 1 aliphatic rings. The fourth-order valence-electron chi connectivity index (χ4n) is 0.692. The van der Waals surface area contributed by atoms with Crippen LogP contribution in [0.25, 0.3) is 0 Å². The second kappa shape index (κ2) is 2.07. The number of hydrogen-bond acceptors (Lipinski definition) is 1. The van der Waals surface area contributed by atoms with Gasteiger partial charge in [-0.25, -0.2) is 0 Å². The molecule has 0 amide bonds. The molecule has 1 nitrogen and oxygen atoms in total. The van der Waals surface area contributed by atoms with Crippen molar-refractivity contribution < 1.29 is 4.79 Å². The van der Waals surface area contributed by atoms with E-state index in [0.717, 1.165) is 6.42 Å². The normalized spacial score (nSPS) is 23.7. The van der Waals surface area contributed by atoms with Crippen LogP contribution in [0.4, 0.5) is 0 Å². The quantitative estimate of drug-likeness (QED) is 0.405. The molecule has 38 valence electrons. The summed E-state index contributed by atoms with van der Waals surface area (Å²) in [5, 5.41) is 0.422. The minimum Gasteiger partial charge on any atom is -0.302 e. The van der Waals surface area contributed by atoms with Crippen molar-refractivity contribution >= 4 is 14.9 Å². The van der Waals surface area contributed by atoms with E-state index >= 15 is 0 Å². The molecule has 0 spiro atoms. The van der Waals surface area contributed by atoms with E-state index in [9.17, 15) is 4.79 Å². The van der Waals surface area contributed by atoms with Gasteiger partial charge < -0.3 is 4.79 Å². The maximum absolute atomic E-state index is 10.4. The summed E-state index contributed by atoms with van der Waals surface area (Å²) in [7, 11) is -0.293. The van der Waals surface area contributed by atoms with Crippen LogP contribution >= 0.6 is 0 Å². The molecule has 1 aliphatic heterocycles. The molecule has 1 rings (SSSR count). The molecule has 0 atom stereocenters. The standard InChI is InChI=1S/C5H8OSi/c6-5-3-1-2-4-7-5/h1,3H,2,4,7H2. The molecule has 0 aromatic heterocycles. The van der Waals surface area contributed by atoms with Gasteiger partial charge in [-0.2, -0.15) is 0 Å². The van der Waals surface area contributed by atoms with Crippen LogP contribution in [0, 0.1) is 0 Å². The number of hydrogen-bond donors (Lipinski definition) is 0. The zero-order chi connectivity index (χ0) is 5.11. The summed E-state index contributed by atoms with van der Waals surface area (Å²) in [5.74, 6) is 0. The lowest BCUT2D eigenvalue weighted by Crippen LogP contribution is -2.07. The average Bonchev–Trinajstić information content (AvgIpc) is 1.69. The number of carbonyl (C=O) groups excluding carboxylic acids is 1. The SMILES string of the molecule is O=C1C=CCC[SiH2]1. The average molecular weight is 112 g/mol. The topological polar surface area (TPSA) is 17.1 Å². The van der Waals surface area contributed by atoms with Gasteiger partial charge in [0.2, 0.25) is 0 Å². The van der Waals surface area contributed by atoms with Crippen molar-refractivity contribution in [3.8, 4) is 0 Å². The predicted molar refractivity (Wildman–Crippen MR) is 32.1 cm³/mol. The Morgan fingerprint density at radius 3 is 2.86 bits per heavy atom. The third-order valence-corrected chi connectivity index (χ3v) is 2.59. The molecule has 0 aromatic carbocycles. The zero-order valence-electron chi connectivity index (χ0n) is 4.18. The van der Waals surface area contributed by atoms with Crippen LogP contribution in [0.1, 0.15) is 6.42 Å². The highest BCUT2D eigenvalue weighted by Gasteiger charge is 1.99. The van der Waals surface area contributed by atoms with E-state index in [0.29, 0.717) is 5.41 Å². The van der Waals surface area contributed by atoms with E-state index in [-0.39, 0.29) is 9.52 Å². The van der Waals surface area contributed by atoms with E-state index in [4.69, 9.17) is 0 Å². The summed E-state index contributed by atoms with van der Waals surface area (Å²) < 4.78 is 0. The highest BCUT2D eigenvalue weighted by molar-refractivity contribution is 6.76. The first-order chi connectivity index (χ1) is 3.39. The van der Waals surface area contributed by atoms with Crippen molar-refractivity contribution in [2.24, 2.45) is 0 Å². The minimum absolute atomic E-state index is 0.293. The highest BCUT2D eigenvalue weighted by Crippen LogP contribution is 1.97. The van der Waals surface area contributed by atoms with Crippen molar-refractivity contribution in [1.82, 2.24) is 0 Å². The Morgan fingerprint density at radius 2 is 2.57 bits per heavy atom. The van der Waals surface area contributed by atoms with Crippen LogP contribution in [-0.4, -0.2) is 14.9 Å². The van der Waals surface area contributed by atoms with E-state index in [1.807, 2.05) is 6.08 Å². The van der Waals surface area contributed by atoms with Gasteiger partial charge in [-0.15, -0.1) is 0 Å². The molecule has 1 heterocycles. The summed E-state index contributed by atoms with van der Waals surface area (Å²) >= 11 is 0. The van der Waals surface area contributed by atoms with Crippen LogP contribution in [0.15, 0.2) is 12.2 Å². The van der Waals surface area contributed by atoms with Gasteiger partial charge in [0.15, 0.2) is 0 Å². The lowest BCUT2D eigenvalue weighted by molar-refractivity contribution is -0.108. The van der Waals surface area contributed by atoms with E-state index < -0.39 is 0 Å². The minimum atomic E-state index is -0.293. The predicted octanol–water partition coefficient (Wildman–Crippen LogP) is 0.0600. The zero-order valence-corrected chi connectivity index (χ0v) is 5.60. The molecule has 0 saturated heterocycles. The molecule has 7 heavy (non-hydrogen) atoms. The Kier molecular flexibility index (Phi) is 1.41. The van der Waals surface area contributed by atoms with Crippen LogP contribution in [-0.2, 0) is 4.79 Å². The van der Waals surface area contributed by atoms with Crippen molar-refractivity contribution in [1.29, 1.82) is 0 Å². The van der Waals surface area contributed by atoms with E-state index in [1.165, 1.54) is 6.04 Å². The van der Waals surface area contributed by atoms with Crippen molar-refractivity contribution in [2.75, 3.05) is 0 Å². The Balaban J connectivity index is 2.51. The van der Waals surface area contributed by atoms with Gasteiger partial charge in [-0.1, -0.05) is 12.1 Å². The third-order valence-electron chi connectivity index (χ3n) is 1.10. The summed E-state index contributed by atoms with van der Waals surface area (Å²) in [4.78, 5) is 10.4. The monoisotopic (exact) mass is 112 g/mol. The molecule has 0 bridgehead atoms. The molecule has 0 fully saturated rings. The molecular weight excluding hydrogens is 104 g/mol. The Bertz CT molecular complexity index is 107. The number of allylic oxidation sites excluding steroid dienone is 2. The van der Waals surface area contributed by atoms with Gasteiger partial charge in [0, 0.05) is 0 Å². The number of carbonyl (C=O) groups is 1. The molecular formula is C5H8OSi. The van der Waals surface area contributed by atoms with Gasteiger partial charge >= 0.3 is 0 Å². The van der Waals surface area contributed by atoms with Crippen molar-refractivity contribution in [3.63, 3.8) is 0 Å². The van der Waals surface area contributed by atoms with Gasteiger partial charge in [0.05, 0.1) is 0 Å². The smallest absolute Gasteiger partial charge is 0.125 e. The summed E-state index contributed by atoms with van der Waals surface area (Å²) in [6.07, 6.45) is 4.85. The molecule has 0 N–H and O–H groups in total. The maximum atomic E-state index is 10.4. The second-order valence-corrected chi connectivity index (χ2v) is 3.66. The second-order valence-electron chi connectivity index (χ2n) is 1.76. The first-order valence-corrected chi connectivity index (χ1v) is 4.30. The van der Waals surface area contributed by atoms with Crippen molar-refractivity contribution in [2.45, 2.75) is 12.5 Å². The highest BCUT2D eigenvalue weighted by atomic mass is 28.2. The largest absolute Gasteiger partial charge is 0.302 e. The van der Waals surface area contributed by atoms with Crippen molar-refractivity contribution in [3.05, 3.63) is 12.2 Å². The summed E-state index contributed by atoms with van der Waals surface area (Å²) in [5.41, 5.74) is 0. The first kappa shape index (κ1) is 4.78. The molecule has 0 radical (unpaired) electrons. The fraction of sp³-hybridized carbons (Fsp3) is 0.400. The van der Waals surface area contributed by atoms with Gasteiger partial charge in [-0.05, 0) is 12.5 Å². The van der Waals surface area contributed by atoms with E-state index in [1.54, 1.807) is 6.08 Å². The molecule has 0 aromatic rings. The van der Waals surface area contributed by atoms with Gasteiger partial charge in [0.1, 0.15) is 14.9 Å². The van der Waals surface area contributed by atoms with Crippen LogP contribution in [0.2, 0.25) is 6.04 Å². The molecule has 0 saturated carbocycles. The fourth-order valence-corrected chi connectivity index (χ4v) is 1.81. The third kappa shape index (κ3) is 1.27. The van der Waals surface area contributed by atoms with Gasteiger partial charge in [-0.3, -0.25) is 0 Å². The molecule has 2 heteroatoms. The Morgan fingerprint density at radius 1 is 1.71 bits per heavy atom. The number of rotatable bonds is 0. The summed E-state index contributed by atoms with van der Waals surface area (Å²) in [6.45, 7) is 0. The van der Waals surface area contributed by atoms with Crippen LogP contribution < -0.4 is 0 Å². The van der Waals surface area contributed by atoms with Crippen LogP contribution in [0.5, 0.6) is 0 Å². The molecule has 0 unspecified atom stereocenters. The first-order valence-electron chi connectivity index (χ1n) is 2.59. The lowest BCUT2D eigenvalue weighted by atomic mass is 10.4. The molecule has 0 aliphatic carbocycles. The van der Waals surface area contributed by atoms with Crippen LogP contribution in [0.3, 0.4) is 0 Å². The van der Waals surface area contributed by atoms with Gasteiger partial charge in [0.25, 0.3) is 0 Å². The Hall–Kier alpha value is -0.373. The summed E-state index contributed by atoms with van der Waals surface area (Å²) in [6, 6.07) is 1.19. The lowest BCUT2D eigenvalue weighted by Gasteiger charge is -1.96. The maximum Gasteiger partial charge on any atom is 0.125 e. The van der Waals surface area contributed by atoms with E-state index in [2.05, 4.69) is 0 Å².